The zero-order chi connectivity index (χ0) is 13.5. The van der Waals surface area contributed by atoms with Gasteiger partial charge in [0, 0.05) is 17.3 Å². The maximum Gasteiger partial charge on any atom is 0.0410 e. The molecule has 0 aromatic heterocycles. The summed E-state index contributed by atoms with van der Waals surface area (Å²) in [6.07, 6.45) is 1.17. The second kappa shape index (κ2) is 7.62. The lowest BCUT2D eigenvalue weighted by Gasteiger charge is -2.22. The molecule has 0 saturated heterocycles. The average molecular weight is 270 g/mol. The van der Waals surface area contributed by atoms with Crippen LogP contribution >= 0.6 is 11.6 Å². The lowest BCUT2D eigenvalue weighted by atomic mass is 10.1. The molecule has 1 rings (SSSR count). The molecule has 4 heteroatoms. The molecule has 18 heavy (non-hydrogen) atoms. The molecule has 0 spiro atoms. The summed E-state index contributed by atoms with van der Waals surface area (Å²) < 4.78 is 0. The SMILES string of the molecule is CCN(CCCN(C)C)Cc1cc(Cl)ccc1N. The van der Waals surface area contributed by atoms with Crippen molar-refractivity contribution in [3.05, 3.63) is 28.8 Å². The fourth-order valence-electron chi connectivity index (χ4n) is 1.91. The standard InChI is InChI=1S/C14H24ClN3/c1-4-18(9-5-8-17(2)3)11-12-10-13(15)6-7-14(12)16/h6-7,10H,4-5,8-9,11,16H2,1-3H3. The number of benzene rings is 1. The summed E-state index contributed by atoms with van der Waals surface area (Å²) in [6, 6.07) is 5.68. The van der Waals surface area contributed by atoms with Crippen LogP contribution in [0.25, 0.3) is 0 Å². The lowest BCUT2D eigenvalue weighted by Crippen LogP contribution is -2.27. The van der Waals surface area contributed by atoms with Gasteiger partial charge in [0.05, 0.1) is 0 Å². The molecule has 0 unspecified atom stereocenters. The fraction of sp³-hybridized carbons (Fsp3) is 0.571. The number of nitrogens with zero attached hydrogens (tertiary/aromatic N) is 2. The first kappa shape index (κ1) is 15.3. The molecule has 0 bridgehead atoms. The summed E-state index contributed by atoms with van der Waals surface area (Å²) in [6.45, 7) is 6.27. The first-order valence-electron chi connectivity index (χ1n) is 6.44. The first-order valence-corrected chi connectivity index (χ1v) is 6.81. The van der Waals surface area contributed by atoms with Gasteiger partial charge in [0.2, 0.25) is 0 Å². The molecule has 0 atom stereocenters. The van der Waals surface area contributed by atoms with Gasteiger partial charge >= 0.3 is 0 Å². The second-order valence-electron chi connectivity index (χ2n) is 4.87. The maximum absolute atomic E-state index is 6.01. The quantitative estimate of drug-likeness (QED) is 0.773. The van der Waals surface area contributed by atoms with Crippen LogP contribution in [0.4, 0.5) is 5.69 Å². The van der Waals surface area contributed by atoms with Gasteiger partial charge in [0.15, 0.2) is 0 Å². The summed E-state index contributed by atoms with van der Waals surface area (Å²) >= 11 is 6.01. The fourth-order valence-corrected chi connectivity index (χ4v) is 2.11. The van der Waals surface area contributed by atoms with Gasteiger partial charge in [-0.1, -0.05) is 18.5 Å². The van der Waals surface area contributed by atoms with E-state index >= 15 is 0 Å². The molecule has 2 N–H and O–H groups in total. The molecule has 0 amide bonds. The molecule has 102 valence electrons. The molecule has 1 aromatic rings. The number of nitrogen functional groups attached to an aromatic ring is 1. The predicted octanol–water partition coefficient (Wildman–Crippen LogP) is 2.70. The van der Waals surface area contributed by atoms with Gasteiger partial charge in [-0.15, -0.1) is 0 Å². The van der Waals surface area contributed by atoms with Gasteiger partial charge in [0.25, 0.3) is 0 Å². The molecule has 0 saturated carbocycles. The molecular weight excluding hydrogens is 246 g/mol. The Balaban J connectivity index is 2.54. The van der Waals surface area contributed by atoms with Gasteiger partial charge in [-0.3, -0.25) is 4.90 Å². The van der Waals surface area contributed by atoms with E-state index in [1.54, 1.807) is 0 Å². The highest BCUT2D eigenvalue weighted by atomic mass is 35.5. The van der Waals surface area contributed by atoms with Crippen LogP contribution in [-0.2, 0) is 6.54 Å². The Kier molecular flexibility index (Phi) is 6.47. The van der Waals surface area contributed by atoms with E-state index < -0.39 is 0 Å². The minimum Gasteiger partial charge on any atom is -0.398 e. The van der Waals surface area contributed by atoms with E-state index in [0.29, 0.717) is 0 Å². The van der Waals surface area contributed by atoms with E-state index in [4.69, 9.17) is 17.3 Å². The highest BCUT2D eigenvalue weighted by Gasteiger charge is 2.07. The van der Waals surface area contributed by atoms with Gasteiger partial charge < -0.3 is 10.6 Å². The maximum atomic E-state index is 6.01. The largest absolute Gasteiger partial charge is 0.398 e. The Hall–Kier alpha value is -0.770. The third kappa shape index (κ3) is 5.25. The Labute approximate surface area is 116 Å². The van der Waals surface area contributed by atoms with E-state index in [1.165, 1.54) is 6.42 Å². The topological polar surface area (TPSA) is 32.5 Å². The number of hydrogen-bond acceptors (Lipinski definition) is 3. The number of hydrogen-bond donors (Lipinski definition) is 1. The van der Waals surface area contributed by atoms with Crippen molar-refractivity contribution in [2.45, 2.75) is 19.9 Å². The third-order valence-electron chi connectivity index (χ3n) is 3.03. The molecule has 3 nitrogen and oxygen atoms in total. The molecule has 1 aromatic carbocycles. The van der Waals surface area contributed by atoms with Crippen LogP contribution in [0.1, 0.15) is 18.9 Å². The van der Waals surface area contributed by atoms with Crippen molar-refractivity contribution >= 4 is 17.3 Å². The molecule has 0 fully saturated rings. The van der Waals surface area contributed by atoms with Crippen molar-refractivity contribution in [2.24, 2.45) is 0 Å². The average Bonchev–Trinajstić information content (AvgIpc) is 2.32. The van der Waals surface area contributed by atoms with Crippen molar-refractivity contribution < 1.29 is 0 Å². The van der Waals surface area contributed by atoms with E-state index in [9.17, 15) is 0 Å². The zero-order valence-electron chi connectivity index (χ0n) is 11.6. The lowest BCUT2D eigenvalue weighted by molar-refractivity contribution is 0.259. The smallest absolute Gasteiger partial charge is 0.0410 e. The summed E-state index contributed by atoms with van der Waals surface area (Å²) in [4.78, 5) is 4.60. The monoisotopic (exact) mass is 269 g/mol. The Bertz CT molecular complexity index is 366. The minimum atomic E-state index is 0.753. The summed E-state index contributed by atoms with van der Waals surface area (Å²) in [5.74, 6) is 0. The van der Waals surface area contributed by atoms with Gasteiger partial charge in [-0.05, 0) is 63.9 Å². The number of halogens is 1. The van der Waals surface area contributed by atoms with Gasteiger partial charge in [0.1, 0.15) is 0 Å². The van der Waals surface area contributed by atoms with Crippen LogP contribution in [0.15, 0.2) is 18.2 Å². The summed E-state index contributed by atoms with van der Waals surface area (Å²) in [5.41, 5.74) is 7.92. The summed E-state index contributed by atoms with van der Waals surface area (Å²) in [7, 11) is 4.20. The highest BCUT2D eigenvalue weighted by molar-refractivity contribution is 6.30. The van der Waals surface area contributed by atoms with Crippen LogP contribution in [0.3, 0.4) is 0 Å². The van der Waals surface area contributed by atoms with Crippen LogP contribution in [-0.4, -0.2) is 43.5 Å². The van der Waals surface area contributed by atoms with Crippen LogP contribution < -0.4 is 5.73 Å². The van der Waals surface area contributed by atoms with Crippen molar-refractivity contribution in [3.63, 3.8) is 0 Å². The normalized spacial score (nSPS) is 11.4. The van der Waals surface area contributed by atoms with E-state index in [-0.39, 0.29) is 0 Å². The molecular formula is C14H24ClN3. The zero-order valence-corrected chi connectivity index (χ0v) is 12.4. The van der Waals surface area contributed by atoms with Gasteiger partial charge in [-0.2, -0.15) is 0 Å². The Morgan fingerprint density at radius 3 is 2.56 bits per heavy atom. The molecule has 0 aliphatic rings. The molecule has 0 aliphatic carbocycles. The number of rotatable bonds is 7. The molecule has 0 radical (unpaired) electrons. The van der Waals surface area contributed by atoms with Gasteiger partial charge in [-0.25, -0.2) is 0 Å². The number of anilines is 1. The van der Waals surface area contributed by atoms with Crippen molar-refractivity contribution in [2.75, 3.05) is 39.5 Å². The first-order chi connectivity index (χ1) is 8.52. The number of nitrogens with two attached hydrogens (primary N) is 1. The van der Waals surface area contributed by atoms with Crippen LogP contribution in [0, 0.1) is 0 Å². The van der Waals surface area contributed by atoms with Crippen molar-refractivity contribution in [1.29, 1.82) is 0 Å². The molecule has 0 heterocycles. The van der Waals surface area contributed by atoms with Crippen LogP contribution in [0.2, 0.25) is 5.02 Å². The summed E-state index contributed by atoms with van der Waals surface area (Å²) in [5, 5.41) is 0.753. The predicted molar refractivity (Wildman–Crippen MR) is 80.0 cm³/mol. The molecule has 0 aliphatic heterocycles. The van der Waals surface area contributed by atoms with E-state index in [2.05, 4.69) is 30.8 Å². The Morgan fingerprint density at radius 2 is 1.94 bits per heavy atom. The van der Waals surface area contributed by atoms with Crippen molar-refractivity contribution in [3.8, 4) is 0 Å². The Morgan fingerprint density at radius 1 is 1.22 bits per heavy atom. The van der Waals surface area contributed by atoms with E-state index in [0.717, 1.165) is 42.5 Å². The van der Waals surface area contributed by atoms with E-state index in [1.807, 2.05) is 18.2 Å². The minimum absolute atomic E-state index is 0.753. The van der Waals surface area contributed by atoms with Crippen LogP contribution in [0.5, 0.6) is 0 Å². The second-order valence-corrected chi connectivity index (χ2v) is 5.31. The highest BCUT2D eigenvalue weighted by Crippen LogP contribution is 2.19. The van der Waals surface area contributed by atoms with Crippen molar-refractivity contribution in [1.82, 2.24) is 9.80 Å². The third-order valence-corrected chi connectivity index (χ3v) is 3.26.